The zero-order chi connectivity index (χ0) is 21.0. The molecule has 150 valence electrons. The third-order valence-electron chi connectivity index (χ3n) is 4.47. The summed E-state index contributed by atoms with van der Waals surface area (Å²) in [6.07, 6.45) is 0. The lowest BCUT2D eigenvalue weighted by Gasteiger charge is -2.10. The number of aryl methyl sites for hydroxylation is 1. The van der Waals surface area contributed by atoms with Crippen LogP contribution in [-0.2, 0) is 6.54 Å². The maximum Gasteiger partial charge on any atom is 0.285 e. The van der Waals surface area contributed by atoms with Crippen LogP contribution >= 0.6 is 11.8 Å². The summed E-state index contributed by atoms with van der Waals surface area (Å²) < 4.78 is 1.85. The van der Waals surface area contributed by atoms with Crippen molar-refractivity contribution in [2.75, 3.05) is 19.4 Å². The van der Waals surface area contributed by atoms with Crippen molar-refractivity contribution in [2.45, 2.75) is 25.3 Å². The minimum Gasteiger partial charge on any atom is -0.339 e. The summed E-state index contributed by atoms with van der Waals surface area (Å²) in [4.78, 5) is 27.0. The zero-order valence-electron chi connectivity index (χ0n) is 17.0. The molecule has 7 heteroatoms. The average molecular weight is 409 g/mol. The van der Waals surface area contributed by atoms with E-state index in [4.69, 9.17) is 0 Å². The van der Waals surface area contributed by atoms with Gasteiger partial charge in [0.1, 0.15) is 0 Å². The highest BCUT2D eigenvalue weighted by atomic mass is 32.2. The van der Waals surface area contributed by atoms with E-state index in [0.29, 0.717) is 23.5 Å². The lowest BCUT2D eigenvalue weighted by atomic mass is 10.1. The van der Waals surface area contributed by atoms with Gasteiger partial charge in [0, 0.05) is 30.4 Å². The van der Waals surface area contributed by atoms with Crippen LogP contribution in [-0.4, -0.2) is 39.9 Å². The number of benzene rings is 2. The summed E-state index contributed by atoms with van der Waals surface area (Å²) in [5.41, 5.74) is 3.91. The number of nitrogens with one attached hydrogen (secondary N) is 1. The first-order valence-corrected chi connectivity index (χ1v) is 10.1. The number of hydrogen-bond donors (Lipinski definition) is 1. The smallest absolute Gasteiger partial charge is 0.285 e. The molecule has 0 fully saturated rings. The molecule has 0 radical (unpaired) electrons. The van der Waals surface area contributed by atoms with Crippen molar-refractivity contribution < 1.29 is 9.59 Å². The Balaban J connectivity index is 1.71. The van der Waals surface area contributed by atoms with E-state index in [9.17, 15) is 9.59 Å². The number of carbonyl (C=O) groups is 2. The largest absolute Gasteiger partial charge is 0.339 e. The Bertz CT molecular complexity index is 1010. The SMILES string of the molecule is Cc1nn(Cc2ccccc2)c(C)c1C(=O)Nc1ccc(SC(=O)N(C)C)cc1. The van der Waals surface area contributed by atoms with E-state index < -0.39 is 0 Å². The van der Waals surface area contributed by atoms with E-state index in [0.717, 1.165) is 27.9 Å². The van der Waals surface area contributed by atoms with Crippen LogP contribution in [0.3, 0.4) is 0 Å². The first kappa shape index (κ1) is 20.7. The summed E-state index contributed by atoms with van der Waals surface area (Å²) in [5, 5.41) is 7.42. The van der Waals surface area contributed by atoms with Crippen LogP contribution in [0.25, 0.3) is 0 Å². The fraction of sp³-hybridized carbons (Fsp3) is 0.227. The Labute approximate surface area is 174 Å². The van der Waals surface area contributed by atoms with Gasteiger partial charge in [-0.25, -0.2) is 0 Å². The van der Waals surface area contributed by atoms with Crippen LogP contribution in [0.2, 0.25) is 0 Å². The number of thioether (sulfide) groups is 1. The van der Waals surface area contributed by atoms with Gasteiger partial charge in [-0.2, -0.15) is 5.10 Å². The predicted molar refractivity (Wildman–Crippen MR) is 117 cm³/mol. The lowest BCUT2D eigenvalue weighted by Crippen LogP contribution is -2.16. The summed E-state index contributed by atoms with van der Waals surface area (Å²) in [6, 6.07) is 17.3. The third kappa shape index (κ3) is 5.06. The number of amides is 2. The van der Waals surface area contributed by atoms with Crippen molar-refractivity contribution in [2.24, 2.45) is 0 Å². The maximum atomic E-state index is 12.8. The van der Waals surface area contributed by atoms with E-state index in [2.05, 4.69) is 10.4 Å². The van der Waals surface area contributed by atoms with Gasteiger partial charge in [0.2, 0.25) is 0 Å². The molecule has 29 heavy (non-hydrogen) atoms. The van der Waals surface area contributed by atoms with E-state index >= 15 is 0 Å². The van der Waals surface area contributed by atoms with E-state index in [-0.39, 0.29) is 11.1 Å². The van der Waals surface area contributed by atoms with Gasteiger partial charge in [0.05, 0.1) is 17.8 Å². The topological polar surface area (TPSA) is 67.2 Å². The first-order chi connectivity index (χ1) is 13.8. The molecule has 1 heterocycles. The lowest BCUT2D eigenvalue weighted by molar-refractivity contribution is 0.102. The molecule has 0 unspecified atom stereocenters. The summed E-state index contributed by atoms with van der Waals surface area (Å²) in [7, 11) is 3.43. The van der Waals surface area contributed by atoms with Crippen LogP contribution in [0, 0.1) is 13.8 Å². The molecular weight excluding hydrogens is 384 g/mol. The molecule has 2 aromatic carbocycles. The Morgan fingerprint density at radius 1 is 1.03 bits per heavy atom. The molecular formula is C22H24N4O2S. The first-order valence-electron chi connectivity index (χ1n) is 9.23. The highest BCUT2D eigenvalue weighted by Crippen LogP contribution is 2.23. The fourth-order valence-electron chi connectivity index (χ4n) is 2.93. The monoisotopic (exact) mass is 408 g/mol. The molecule has 6 nitrogen and oxygen atoms in total. The van der Waals surface area contributed by atoms with Gasteiger partial charge in [0.25, 0.3) is 11.1 Å². The quantitative estimate of drug-likeness (QED) is 0.628. The molecule has 0 saturated carbocycles. The highest BCUT2D eigenvalue weighted by Gasteiger charge is 2.19. The molecule has 0 bridgehead atoms. The van der Waals surface area contributed by atoms with Crippen molar-refractivity contribution in [3.63, 3.8) is 0 Å². The van der Waals surface area contributed by atoms with E-state index in [1.165, 1.54) is 4.90 Å². The van der Waals surface area contributed by atoms with Gasteiger partial charge in [-0.05, 0) is 55.4 Å². The molecule has 3 rings (SSSR count). The summed E-state index contributed by atoms with van der Waals surface area (Å²) >= 11 is 1.15. The second-order valence-electron chi connectivity index (χ2n) is 6.93. The average Bonchev–Trinajstić information content (AvgIpc) is 2.97. The molecule has 0 spiro atoms. The molecule has 2 amide bonds. The van der Waals surface area contributed by atoms with Gasteiger partial charge in [-0.3, -0.25) is 14.3 Å². The van der Waals surface area contributed by atoms with Crippen LogP contribution in [0.5, 0.6) is 0 Å². The Hall–Kier alpha value is -3.06. The van der Waals surface area contributed by atoms with Gasteiger partial charge in [-0.15, -0.1) is 0 Å². The molecule has 0 aliphatic heterocycles. The van der Waals surface area contributed by atoms with E-state index in [1.54, 1.807) is 26.2 Å². The number of hydrogen-bond acceptors (Lipinski definition) is 4. The Morgan fingerprint density at radius 2 is 1.69 bits per heavy atom. The number of anilines is 1. The number of aromatic nitrogens is 2. The second kappa shape index (κ2) is 8.96. The Morgan fingerprint density at radius 3 is 2.31 bits per heavy atom. The minimum absolute atomic E-state index is 0.0427. The van der Waals surface area contributed by atoms with Crippen LogP contribution in [0.4, 0.5) is 10.5 Å². The molecule has 0 saturated heterocycles. The van der Waals surface area contributed by atoms with Crippen molar-refractivity contribution in [1.82, 2.24) is 14.7 Å². The molecule has 3 aromatic rings. The molecule has 1 N–H and O–H groups in total. The van der Waals surface area contributed by atoms with Crippen molar-refractivity contribution in [3.05, 3.63) is 77.1 Å². The second-order valence-corrected chi connectivity index (χ2v) is 7.95. The third-order valence-corrected chi connectivity index (χ3v) is 5.51. The van der Waals surface area contributed by atoms with Gasteiger partial charge in [0.15, 0.2) is 0 Å². The number of nitrogens with zero attached hydrogens (tertiary/aromatic N) is 3. The van der Waals surface area contributed by atoms with Crippen LogP contribution in [0.15, 0.2) is 59.5 Å². The number of rotatable bonds is 5. The highest BCUT2D eigenvalue weighted by molar-refractivity contribution is 8.13. The molecule has 0 aliphatic rings. The molecule has 0 aliphatic carbocycles. The summed E-state index contributed by atoms with van der Waals surface area (Å²) in [5.74, 6) is -0.191. The zero-order valence-corrected chi connectivity index (χ0v) is 17.8. The predicted octanol–water partition coefficient (Wildman–Crippen LogP) is 4.57. The maximum absolute atomic E-state index is 12.8. The van der Waals surface area contributed by atoms with Crippen molar-refractivity contribution in [3.8, 4) is 0 Å². The van der Waals surface area contributed by atoms with Gasteiger partial charge in [-0.1, -0.05) is 30.3 Å². The van der Waals surface area contributed by atoms with Crippen molar-refractivity contribution >= 4 is 28.6 Å². The molecule has 1 aromatic heterocycles. The molecule has 0 atom stereocenters. The van der Waals surface area contributed by atoms with E-state index in [1.807, 2.05) is 61.0 Å². The Kier molecular flexibility index (Phi) is 6.39. The minimum atomic E-state index is -0.191. The van der Waals surface area contributed by atoms with Gasteiger partial charge < -0.3 is 10.2 Å². The normalized spacial score (nSPS) is 10.6. The van der Waals surface area contributed by atoms with Crippen LogP contribution < -0.4 is 5.32 Å². The van der Waals surface area contributed by atoms with Gasteiger partial charge >= 0.3 is 0 Å². The standard InChI is InChI=1S/C22H24N4O2S/c1-15-20(16(2)26(24-15)14-17-8-6-5-7-9-17)21(27)23-18-10-12-19(13-11-18)29-22(28)25(3)4/h5-13H,14H2,1-4H3,(H,23,27). The van der Waals surface area contributed by atoms with Crippen molar-refractivity contribution in [1.29, 1.82) is 0 Å². The summed E-state index contributed by atoms with van der Waals surface area (Å²) in [6.45, 7) is 4.37. The fourth-order valence-corrected chi connectivity index (χ4v) is 3.58. The van der Waals surface area contributed by atoms with Crippen LogP contribution in [0.1, 0.15) is 27.3 Å². The number of carbonyl (C=O) groups excluding carboxylic acids is 2.